The van der Waals surface area contributed by atoms with Gasteiger partial charge in [-0.25, -0.2) is 9.37 Å². The zero-order valence-electron chi connectivity index (χ0n) is 20.6. The van der Waals surface area contributed by atoms with Crippen molar-refractivity contribution in [2.24, 2.45) is 0 Å². The number of aryl methyl sites for hydroxylation is 1. The highest BCUT2D eigenvalue weighted by Crippen LogP contribution is 2.40. The minimum absolute atomic E-state index is 0.223. The zero-order valence-corrected chi connectivity index (χ0v) is 21.4. The predicted molar refractivity (Wildman–Crippen MR) is 143 cm³/mol. The Morgan fingerprint density at radius 1 is 1.17 bits per heavy atom. The Hall–Kier alpha value is -3.08. The second-order valence-electron chi connectivity index (χ2n) is 9.64. The summed E-state index contributed by atoms with van der Waals surface area (Å²) in [7, 11) is 2.11. The molecule has 2 saturated heterocycles. The SMILES string of the molecule is Cc1cc2c(N3CCNCC3)nc(OC[C@@H]3CCCN3C)nc2c(F)c1-c1cccc2sc(N)nc12. The van der Waals surface area contributed by atoms with Gasteiger partial charge in [0.15, 0.2) is 10.9 Å². The topological polar surface area (TPSA) is 92.4 Å². The van der Waals surface area contributed by atoms with Crippen LogP contribution in [0.25, 0.3) is 32.2 Å². The van der Waals surface area contributed by atoms with Crippen molar-refractivity contribution in [1.82, 2.24) is 25.2 Å². The molecule has 36 heavy (non-hydrogen) atoms. The van der Waals surface area contributed by atoms with E-state index in [1.807, 2.05) is 31.2 Å². The molecule has 2 aliphatic rings. The zero-order chi connectivity index (χ0) is 24.8. The van der Waals surface area contributed by atoms with Crippen LogP contribution in [0, 0.1) is 12.7 Å². The van der Waals surface area contributed by atoms with Gasteiger partial charge in [-0.1, -0.05) is 23.5 Å². The molecule has 3 N–H and O–H groups in total. The van der Waals surface area contributed by atoms with Gasteiger partial charge in [-0.05, 0) is 51.1 Å². The van der Waals surface area contributed by atoms with Crippen LogP contribution in [-0.2, 0) is 0 Å². The van der Waals surface area contributed by atoms with E-state index in [9.17, 15) is 0 Å². The minimum atomic E-state index is -0.384. The number of piperazine rings is 1. The van der Waals surface area contributed by atoms with Gasteiger partial charge in [0.1, 0.15) is 17.9 Å². The van der Waals surface area contributed by atoms with E-state index < -0.39 is 0 Å². The number of likely N-dealkylation sites (N-methyl/N-ethyl adjacent to an activating group) is 1. The molecular formula is C26H30FN7OS. The number of aromatic nitrogens is 3. The molecule has 2 aliphatic heterocycles. The number of fused-ring (bicyclic) bond motifs is 2. The number of ether oxygens (including phenoxy) is 1. The van der Waals surface area contributed by atoms with Crippen molar-refractivity contribution in [3.05, 3.63) is 35.6 Å². The van der Waals surface area contributed by atoms with Crippen LogP contribution in [0.2, 0.25) is 0 Å². The molecule has 4 heterocycles. The Labute approximate surface area is 213 Å². The lowest BCUT2D eigenvalue weighted by molar-refractivity contribution is 0.188. The molecule has 0 unspecified atom stereocenters. The maximum absolute atomic E-state index is 16.4. The van der Waals surface area contributed by atoms with E-state index >= 15 is 4.39 Å². The van der Waals surface area contributed by atoms with E-state index in [1.54, 1.807) is 0 Å². The number of benzene rings is 2. The number of nitrogens with zero attached hydrogens (tertiary/aromatic N) is 5. The van der Waals surface area contributed by atoms with E-state index in [0.717, 1.165) is 67.2 Å². The van der Waals surface area contributed by atoms with Crippen molar-refractivity contribution in [3.8, 4) is 17.1 Å². The number of nitrogens with two attached hydrogens (primary N) is 1. The number of rotatable bonds is 5. The number of hydrogen-bond donors (Lipinski definition) is 2. The molecule has 0 radical (unpaired) electrons. The second-order valence-corrected chi connectivity index (χ2v) is 10.7. The molecule has 2 aromatic carbocycles. The Kier molecular flexibility index (Phi) is 6.10. The standard InChI is InChI=1S/C26H30FN7OS/c1-15-13-18-23(21(27)20(15)17-6-3-7-19-22(17)30-25(28)36-19)31-26(35-14-16-5-4-10-33(16)2)32-24(18)34-11-8-29-9-12-34/h3,6-7,13,16,29H,4-5,8-12,14H2,1-2H3,(H2,28,30)/t16-/m0/s1. The lowest BCUT2D eigenvalue weighted by Gasteiger charge is -2.30. The van der Waals surface area contributed by atoms with Crippen molar-refractivity contribution in [2.45, 2.75) is 25.8 Å². The van der Waals surface area contributed by atoms with Gasteiger partial charge in [-0.15, -0.1) is 0 Å². The summed E-state index contributed by atoms with van der Waals surface area (Å²) in [5, 5.41) is 4.54. The Morgan fingerprint density at radius 2 is 2.00 bits per heavy atom. The molecule has 0 saturated carbocycles. The second kappa shape index (κ2) is 9.42. The number of nitrogens with one attached hydrogen (secondary N) is 1. The molecule has 2 fully saturated rings. The van der Waals surface area contributed by atoms with Crippen LogP contribution in [0.5, 0.6) is 6.01 Å². The average Bonchev–Trinajstić information content (AvgIpc) is 3.47. The molecule has 188 valence electrons. The first-order chi connectivity index (χ1) is 17.5. The van der Waals surface area contributed by atoms with Gasteiger partial charge in [0.2, 0.25) is 0 Å². The van der Waals surface area contributed by atoms with E-state index in [0.29, 0.717) is 34.2 Å². The van der Waals surface area contributed by atoms with E-state index in [1.165, 1.54) is 11.3 Å². The number of halogens is 1. The average molecular weight is 508 g/mol. The highest BCUT2D eigenvalue weighted by atomic mass is 32.1. The molecule has 2 aromatic heterocycles. The molecule has 4 aromatic rings. The van der Waals surface area contributed by atoms with Crippen LogP contribution < -0.4 is 20.7 Å². The van der Waals surface area contributed by atoms with Crippen LogP contribution in [0.3, 0.4) is 0 Å². The number of thiazole rings is 1. The van der Waals surface area contributed by atoms with Crippen LogP contribution in [-0.4, -0.2) is 72.3 Å². The van der Waals surface area contributed by atoms with Crippen molar-refractivity contribution >= 4 is 43.4 Å². The monoisotopic (exact) mass is 507 g/mol. The fraction of sp³-hybridized carbons (Fsp3) is 0.423. The number of para-hydroxylation sites is 1. The van der Waals surface area contributed by atoms with Crippen molar-refractivity contribution in [1.29, 1.82) is 0 Å². The van der Waals surface area contributed by atoms with E-state index in [-0.39, 0.29) is 17.3 Å². The summed E-state index contributed by atoms with van der Waals surface area (Å²) in [6, 6.07) is 8.30. The third kappa shape index (κ3) is 4.12. The fourth-order valence-electron chi connectivity index (χ4n) is 5.36. The van der Waals surface area contributed by atoms with Gasteiger partial charge < -0.3 is 25.6 Å². The van der Waals surface area contributed by atoms with Gasteiger partial charge in [0.05, 0.1) is 10.2 Å². The first-order valence-corrected chi connectivity index (χ1v) is 13.3. The van der Waals surface area contributed by atoms with Crippen LogP contribution >= 0.6 is 11.3 Å². The summed E-state index contributed by atoms with van der Waals surface area (Å²) in [4.78, 5) is 18.4. The third-order valence-corrected chi connectivity index (χ3v) is 8.14. The number of anilines is 2. The summed E-state index contributed by atoms with van der Waals surface area (Å²) < 4.78 is 23.5. The first-order valence-electron chi connectivity index (χ1n) is 12.4. The van der Waals surface area contributed by atoms with Gasteiger partial charge in [0, 0.05) is 48.7 Å². The Morgan fingerprint density at radius 3 is 2.78 bits per heavy atom. The fourth-order valence-corrected chi connectivity index (χ4v) is 6.12. The van der Waals surface area contributed by atoms with Gasteiger partial charge in [-0.2, -0.15) is 9.97 Å². The molecule has 0 amide bonds. The third-order valence-electron chi connectivity index (χ3n) is 7.29. The van der Waals surface area contributed by atoms with Gasteiger partial charge >= 0.3 is 6.01 Å². The maximum Gasteiger partial charge on any atom is 0.319 e. The quantitative estimate of drug-likeness (QED) is 0.421. The van der Waals surface area contributed by atoms with Gasteiger partial charge in [-0.3, -0.25) is 0 Å². The first kappa shape index (κ1) is 23.3. The summed E-state index contributed by atoms with van der Waals surface area (Å²) in [6.07, 6.45) is 2.23. The molecule has 10 heteroatoms. The molecule has 0 aliphatic carbocycles. The highest BCUT2D eigenvalue weighted by molar-refractivity contribution is 7.22. The lowest BCUT2D eigenvalue weighted by Crippen LogP contribution is -2.44. The summed E-state index contributed by atoms with van der Waals surface area (Å²) in [6.45, 7) is 6.74. The summed E-state index contributed by atoms with van der Waals surface area (Å²) in [5.41, 5.74) is 8.98. The maximum atomic E-state index is 16.4. The van der Waals surface area contributed by atoms with Crippen molar-refractivity contribution in [2.75, 3.05) is 57.0 Å². The smallest absolute Gasteiger partial charge is 0.319 e. The molecule has 8 nitrogen and oxygen atoms in total. The largest absolute Gasteiger partial charge is 0.462 e. The van der Waals surface area contributed by atoms with Crippen LogP contribution in [0.1, 0.15) is 18.4 Å². The molecule has 0 bridgehead atoms. The highest BCUT2D eigenvalue weighted by Gasteiger charge is 2.26. The number of nitrogen functional groups attached to an aromatic ring is 1. The van der Waals surface area contributed by atoms with E-state index in [4.69, 9.17) is 15.5 Å². The molecule has 0 spiro atoms. The molecule has 1 atom stereocenters. The van der Waals surface area contributed by atoms with Crippen molar-refractivity contribution < 1.29 is 9.13 Å². The van der Waals surface area contributed by atoms with E-state index in [2.05, 4.69) is 32.1 Å². The van der Waals surface area contributed by atoms with Gasteiger partial charge in [0.25, 0.3) is 0 Å². The Balaban J connectivity index is 1.50. The number of hydrogen-bond acceptors (Lipinski definition) is 9. The predicted octanol–water partition coefficient (Wildman–Crippen LogP) is 3.82. The van der Waals surface area contributed by atoms with Crippen molar-refractivity contribution in [3.63, 3.8) is 0 Å². The molecule has 6 rings (SSSR count). The lowest BCUT2D eigenvalue weighted by atomic mass is 9.96. The van der Waals surface area contributed by atoms with Crippen LogP contribution in [0.15, 0.2) is 24.3 Å². The summed E-state index contributed by atoms with van der Waals surface area (Å²) in [5.74, 6) is 0.339. The Bertz CT molecular complexity index is 1440. The normalized spacial score (nSPS) is 19.0. The number of likely N-dealkylation sites (tertiary alicyclic amines) is 1. The summed E-state index contributed by atoms with van der Waals surface area (Å²) >= 11 is 1.40. The minimum Gasteiger partial charge on any atom is -0.462 e. The molecular weight excluding hydrogens is 477 g/mol. The van der Waals surface area contributed by atoms with Crippen LogP contribution in [0.4, 0.5) is 15.3 Å².